The van der Waals surface area contributed by atoms with Crippen molar-refractivity contribution in [3.8, 4) is 0 Å². The number of hydrogen-bond donors (Lipinski definition) is 1. The topological polar surface area (TPSA) is 71.5 Å². The van der Waals surface area contributed by atoms with Crippen molar-refractivity contribution in [1.82, 2.24) is 15.2 Å². The lowest BCUT2D eigenvalue weighted by Crippen LogP contribution is -2.41. The van der Waals surface area contributed by atoms with Crippen LogP contribution in [0, 0.1) is 0 Å². The Morgan fingerprint density at radius 3 is 2.61 bits per heavy atom. The molecule has 1 heterocycles. The Labute approximate surface area is 138 Å². The molecule has 2 amide bonds. The molecule has 0 radical (unpaired) electrons. The van der Waals surface area contributed by atoms with Crippen molar-refractivity contribution >= 4 is 12.0 Å². The number of nitrogens with one attached hydrogen (secondary N) is 1. The van der Waals surface area contributed by atoms with Gasteiger partial charge in [0.15, 0.2) is 0 Å². The predicted octanol–water partition coefficient (Wildman–Crippen LogP) is 2.39. The summed E-state index contributed by atoms with van der Waals surface area (Å²) in [4.78, 5) is 29.5. The molecule has 0 atom stereocenters. The van der Waals surface area contributed by atoms with E-state index in [2.05, 4.69) is 10.3 Å². The quantitative estimate of drug-likeness (QED) is 0.837. The second-order valence-electron chi connectivity index (χ2n) is 6.23. The molecule has 0 saturated carbocycles. The summed E-state index contributed by atoms with van der Waals surface area (Å²) in [6.07, 6.45) is 2.35. The summed E-state index contributed by atoms with van der Waals surface area (Å²) < 4.78 is 5.32. The number of aryl methyl sites for hydroxylation is 1. The number of likely N-dealkylation sites (N-methyl/N-ethyl adjacent to an activating group) is 1. The normalized spacial score (nSPS) is 11.0. The number of pyridine rings is 1. The van der Waals surface area contributed by atoms with Crippen molar-refractivity contribution in [2.24, 2.45) is 0 Å². The summed E-state index contributed by atoms with van der Waals surface area (Å²) in [5, 5.41) is 2.82. The highest BCUT2D eigenvalue weighted by molar-refractivity contribution is 5.76. The van der Waals surface area contributed by atoms with Gasteiger partial charge in [-0.3, -0.25) is 9.78 Å². The van der Waals surface area contributed by atoms with Crippen LogP contribution in [0.25, 0.3) is 0 Å². The van der Waals surface area contributed by atoms with E-state index in [-0.39, 0.29) is 12.0 Å². The van der Waals surface area contributed by atoms with Gasteiger partial charge < -0.3 is 15.0 Å². The molecule has 0 aliphatic carbocycles. The molecule has 0 spiro atoms. The van der Waals surface area contributed by atoms with E-state index in [0.717, 1.165) is 5.69 Å². The van der Waals surface area contributed by atoms with Gasteiger partial charge in [-0.25, -0.2) is 4.79 Å². The number of aromatic nitrogens is 1. The Balaban J connectivity index is 2.28. The van der Waals surface area contributed by atoms with Crippen molar-refractivity contribution in [2.45, 2.75) is 46.1 Å². The van der Waals surface area contributed by atoms with Gasteiger partial charge >= 0.3 is 6.09 Å². The number of amides is 2. The molecule has 6 heteroatoms. The maximum Gasteiger partial charge on any atom is 0.410 e. The molecule has 23 heavy (non-hydrogen) atoms. The number of rotatable bonds is 7. The van der Waals surface area contributed by atoms with E-state index in [0.29, 0.717) is 32.5 Å². The van der Waals surface area contributed by atoms with Crippen molar-refractivity contribution in [3.63, 3.8) is 0 Å². The van der Waals surface area contributed by atoms with E-state index in [1.807, 2.05) is 45.9 Å². The Kier molecular flexibility index (Phi) is 7.51. The molecule has 0 unspecified atom stereocenters. The first-order valence-corrected chi connectivity index (χ1v) is 7.96. The molecular formula is C17H27N3O3. The monoisotopic (exact) mass is 321 g/mol. The number of ether oxygens (including phenoxy) is 1. The van der Waals surface area contributed by atoms with E-state index in [1.165, 1.54) is 0 Å². The lowest BCUT2D eigenvalue weighted by atomic mass is 10.2. The number of carbonyl (C=O) groups is 2. The van der Waals surface area contributed by atoms with Gasteiger partial charge in [0.05, 0.1) is 0 Å². The summed E-state index contributed by atoms with van der Waals surface area (Å²) in [5.41, 5.74) is 0.378. The van der Waals surface area contributed by atoms with Gasteiger partial charge in [0, 0.05) is 37.9 Å². The summed E-state index contributed by atoms with van der Waals surface area (Å²) >= 11 is 0. The molecule has 1 aromatic heterocycles. The third kappa shape index (κ3) is 8.18. The van der Waals surface area contributed by atoms with Crippen LogP contribution in [0.1, 0.15) is 39.8 Å². The smallest absolute Gasteiger partial charge is 0.410 e. The van der Waals surface area contributed by atoms with Gasteiger partial charge in [-0.1, -0.05) is 6.07 Å². The summed E-state index contributed by atoms with van der Waals surface area (Å²) in [6.45, 7) is 8.76. The first-order chi connectivity index (χ1) is 10.8. The second kappa shape index (κ2) is 9.12. The van der Waals surface area contributed by atoms with Crippen molar-refractivity contribution in [3.05, 3.63) is 30.1 Å². The van der Waals surface area contributed by atoms with Crippen LogP contribution in [0.2, 0.25) is 0 Å². The Bertz CT molecular complexity index is 498. The minimum absolute atomic E-state index is 0.0455. The zero-order valence-corrected chi connectivity index (χ0v) is 14.5. The van der Waals surface area contributed by atoms with Gasteiger partial charge in [0.1, 0.15) is 5.60 Å². The first kappa shape index (κ1) is 18.9. The highest BCUT2D eigenvalue weighted by Crippen LogP contribution is 2.09. The zero-order chi connectivity index (χ0) is 17.3. The molecule has 0 fully saturated rings. The maximum atomic E-state index is 12.0. The van der Waals surface area contributed by atoms with E-state index in [4.69, 9.17) is 4.74 Å². The number of hydrogen-bond acceptors (Lipinski definition) is 4. The largest absolute Gasteiger partial charge is 0.444 e. The fourth-order valence-corrected chi connectivity index (χ4v) is 1.91. The SMILES string of the molecule is CCN(CCNC(=O)CCc1ccccn1)C(=O)OC(C)(C)C. The number of nitrogens with zero attached hydrogens (tertiary/aromatic N) is 2. The molecule has 1 aromatic rings. The van der Waals surface area contributed by atoms with Crippen molar-refractivity contribution in [2.75, 3.05) is 19.6 Å². The lowest BCUT2D eigenvalue weighted by Gasteiger charge is -2.26. The average Bonchev–Trinajstić information content (AvgIpc) is 2.48. The molecular weight excluding hydrogens is 294 g/mol. The average molecular weight is 321 g/mol. The Morgan fingerprint density at radius 1 is 1.30 bits per heavy atom. The minimum atomic E-state index is -0.517. The van der Waals surface area contributed by atoms with E-state index >= 15 is 0 Å². The van der Waals surface area contributed by atoms with Gasteiger partial charge in [-0.05, 0) is 46.2 Å². The molecule has 1 rings (SSSR count). The van der Waals surface area contributed by atoms with Crippen LogP contribution in [0.4, 0.5) is 4.79 Å². The molecule has 1 N–H and O–H groups in total. The van der Waals surface area contributed by atoms with Crippen molar-refractivity contribution in [1.29, 1.82) is 0 Å². The molecule has 128 valence electrons. The van der Waals surface area contributed by atoms with E-state index < -0.39 is 5.60 Å². The Hall–Kier alpha value is -2.11. The van der Waals surface area contributed by atoms with Crippen LogP contribution in [-0.4, -0.2) is 47.1 Å². The van der Waals surface area contributed by atoms with Gasteiger partial charge in [-0.15, -0.1) is 0 Å². The maximum absolute atomic E-state index is 12.0. The molecule has 0 saturated heterocycles. The van der Waals surface area contributed by atoms with Crippen molar-refractivity contribution < 1.29 is 14.3 Å². The highest BCUT2D eigenvalue weighted by Gasteiger charge is 2.20. The second-order valence-corrected chi connectivity index (χ2v) is 6.23. The third-order valence-corrected chi connectivity index (χ3v) is 3.07. The molecule has 0 aromatic carbocycles. The van der Waals surface area contributed by atoms with E-state index in [1.54, 1.807) is 11.1 Å². The standard InChI is InChI=1S/C17H27N3O3/c1-5-20(16(22)23-17(2,3)4)13-12-19-15(21)10-9-14-8-6-7-11-18-14/h6-8,11H,5,9-10,12-13H2,1-4H3,(H,19,21). The number of carbonyl (C=O) groups excluding carboxylic acids is 2. The van der Waals surface area contributed by atoms with Crippen LogP contribution in [-0.2, 0) is 16.0 Å². The van der Waals surface area contributed by atoms with Gasteiger partial charge in [0.2, 0.25) is 5.91 Å². The minimum Gasteiger partial charge on any atom is -0.444 e. The van der Waals surface area contributed by atoms with Crippen LogP contribution >= 0.6 is 0 Å². The molecule has 0 aliphatic rings. The lowest BCUT2D eigenvalue weighted by molar-refractivity contribution is -0.121. The van der Waals surface area contributed by atoms with Gasteiger partial charge in [-0.2, -0.15) is 0 Å². The third-order valence-electron chi connectivity index (χ3n) is 3.07. The molecule has 0 aliphatic heterocycles. The zero-order valence-electron chi connectivity index (χ0n) is 14.5. The summed E-state index contributed by atoms with van der Waals surface area (Å²) in [6, 6.07) is 5.65. The van der Waals surface area contributed by atoms with Crippen LogP contribution in [0.3, 0.4) is 0 Å². The van der Waals surface area contributed by atoms with Crippen LogP contribution < -0.4 is 5.32 Å². The fraction of sp³-hybridized carbons (Fsp3) is 0.588. The predicted molar refractivity (Wildman–Crippen MR) is 89.0 cm³/mol. The summed E-state index contributed by atoms with van der Waals surface area (Å²) in [7, 11) is 0. The first-order valence-electron chi connectivity index (χ1n) is 7.96. The fourth-order valence-electron chi connectivity index (χ4n) is 1.91. The highest BCUT2D eigenvalue weighted by atomic mass is 16.6. The Morgan fingerprint density at radius 2 is 2.04 bits per heavy atom. The van der Waals surface area contributed by atoms with Gasteiger partial charge in [0.25, 0.3) is 0 Å². The van der Waals surface area contributed by atoms with E-state index in [9.17, 15) is 9.59 Å². The van der Waals surface area contributed by atoms with Crippen LogP contribution in [0.15, 0.2) is 24.4 Å². The summed E-state index contributed by atoms with van der Waals surface area (Å²) in [5.74, 6) is -0.0455. The molecule has 6 nitrogen and oxygen atoms in total. The van der Waals surface area contributed by atoms with Crippen LogP contribution in [0.5, 0.6) is 0 Å². The molecule has 0 bridgehead atoms.